The molecule has 2 aromatic carbocycles. The van der Waals surface area contributed by atoms with Gasteiger partial charge in [0.15, 0.2) is 0 Å². The maximum atomic E-state index is 13.7. The van der Waals surface area contributed by atoms with Gasteiger partial charge in [-0.1, -0.05) is 24.3 Å². The molecule has 2 fully saturated rings. The van der Waals surface area contributed by atoms with Crippen molar-refractivity contribution in [1.82, 2.24) is 9.80 Å². The maximum absolute atomic E-state index is 13.7. The van der Waals surface area contributed by atoms with Crippen molar-refractivity contribution in [2.24, 2.45) is 0 Å². The van der Waals surface area contributed by atoms with Crippen molar-refractivity contribution in [3.63, 3.8) is 0 Å². The number of rotatable bonds is 4. The molecule has 148 valence electrons. The quantitative estimate of drug-likeness (QED) is 0.806. The Balaban J connectivity index is 1.65. The molecule has 28 heavy (non-hydrogen) atoms. The van der Waals surface area contributed by atoms with Crippen molar-refractivity contribution in [3.05, 3.63) is 65.5 Å². The first-order chi connectivity index (χ1) is 13.6. The van der Waals surface area contributed by atoms with E-state index in [4.69, 9.17) is 4.74 Å². The number of fused-ring (bicyclic) bond motifs is 1. The minimum Gasteiger partial charge on any atom is -0.497 e. The van der Waals surface area contributed by atoms with Crippen LogP contribution < -0.4 is 4.74 Å². The summed E-state index contributed by atoms with van der Waals surface area (Å²) in [7, 11) is 1.67. The second kappa shape index (κ2) is 7.92. The second-order valence-electron chi connectivity index (χ2n) is 7.85. The summed E-state index contributed by atoms with van der Waals surface area (Å²) >= 11 is 0. The van der Waals surface area contributed by atoms with E-state index in [9.17, 15) is 9.18 Å². The average molecular weight is 382 g/mol. The third-order valence-electron chi connectivity index (χ3n) is 6.19. The van der Waals surface area contributed by atoms with Gasteiger partial charge in [-0.05, 0) is 54.8 Å². The van der Waals surface area contributed by atoms with Gasteiger partial charge in [0.05, 0.1) is 7.11 Å². The SMILES string of the molecule is COc1ccc([C@H]2CN(C(C)=O)[C@@H]3CCCN(Cc4cccc(F)c4)[C@H]23)cc1. The Hall–Kier alpha value is -2.40. The van der Waals surface area contributed by atoms with Gasteiger partial charge in [-0.15, -0.1) is 0 Å². The van der Waals surface area contributed by atoms with Gasteiger partial charge in [0.1, 0.15) is 11.6 Å². The highest BCUT2D eigenvalue weighted by Gasteiger charge is 2.47. The average Bonchev–Trinajstić information content (AvgIpc) is 3.09. The first kappa shape index (κ1) is 18.9. The molecule has 0 bridgehead atoms. The van der Waals surface area contributed by atoms with Gasteiger partial charge in [0, 0.05) is 38.0 Å². The highest BCUT2D eigenvalue weighted by Crippen LogP contribution is 2.41. The molecule has 4 nitrogen and oxygen atoms in total. The van der Waals surface area contributed by atoms with Crippen molar-refractivity contribution in [1.29, 1.82) is 0 Å². The number of piperidine rings is 1. The molecule has 0 spiro atoms. The summed E-state index contributed by atoms with van der Waals surface area (Å²) in [6.07, 6.45) is 2.08. The summed E-state index contributed by atoms with van der Waals surface area (Å²) in [4.78, 5) is 16.8. The first-order valence-corrected chi connectivity index (χ1v) is 9.96. The summed E-state index contributed by atoms with van der Waals surface area (Å²) < 4.78 is 19.0. The fourth-order valence-electron chi connectivity index (χ4n) is 4.95. The number of halogens is 1. The van der Waals surface area contributed by atoms with Gasteiger partial charge in [-0.2, -0.15) is 0 Å². The zero-order valence-corrected chi connectivity index (χ0v) is 16.5. The number of hydrogen-bond acceptors (Lipinski definition) is 3. The van der Waals surface area contributed by atoms with Crippen LogP contribution in [-0.2, 0) is 11.3 Å². The molecule has 0 aromatic heterocycles. The number of benzene rings is 2. The summed E-state index contributed by atoms with van der Waals surface area (Å²) in [6.45, 7) is 4.07. The van der Waals surface area contributed by atoms with E-state index in [0.717, 1.165) is 37.2 Å². The van der Waals surface area contributed by atoms with Crippen LogP contribution >= 0.6 is 0 Å². The molecular weight excluding hydrogens is 355 g/mol. The Morgan fingerprint density at radius 2 is 2.00 bits per heavy atom. The summed E-state index contributed by atoms with van der Waals surface area (Å²) in [6, 6.07) is 15.5. The number of likely N-dealkylation sites (tertiary alicyclic amines) is 2. The standard InChI is InChI=1S/C23H27FN2O2/c1-16(27)26-15-21(18-8-10-20(28-2)11-9-18)23-22(26)7-4-12-25(23)14-17-5-3-6-19(24)13-17/h3,5-6,8-11,13,21-23H,4,7,12,14-15H2,1-2H3/t21-,22-,23-/m1/s1. The Kier molecular flexibility index (Phi) is 5.36. The lowest BCUT2D eigenvalue weighted by molar-refractivity contribution is -0.130. The van der Waals surface area contributed by atoms with Crippen LogP contribution in [0.15, 0.2) is 48.5 Å². The predicted molar refractivity (Wildman–Crippen MR) is 107 cm³/mol. The Morgan fingerprint density at radius 1 is 1.21 bits per heavy atom. The molecule has 2 heterocycles. The summed E-state index contributed by atoms with van der Waals surface area (Å²) in [5.41, 5.74) is 2.21. The third-order valence-corrected chi connectivity index (χ3v) is 6.19. The molecular formula is C23H27FN2O2. The topological polar surface area (TPSA) is 32.8 Å². The molecule has 0 saturated carbocycles. The number of ether oxygens (including phenoxy) is 1. The molecule has 0 radical (unpaired) electrons. The van der Waals surface area contributed by atoms with Gasteiger partial charge in [-0.25, -0.2) is 4.39 Å². The number of carbonyl (C=O) groups excluding carboxylic acids is 1. The van der Waals surface area contributed by atoms with Crippen LogP contribution in [0.3, 0.4) is 0 Å². The van der Waals surface area contributed by atoms with Crippen molar-refractivity contribution < 1.29 is 13.9 Å². The van der Waals surface area contributed by atoms with E-state index in [2.05, 4.69) is 17.0 Å². The molecule has 0 aliphatic carbocycles. The zero-order valence-electron chi connectivity index (χ0n) is 16.5. The van der Waals surface area contributed by atoms with E-state index in [0.29, 0.717) is 6.54 Å². The Labute approximate surface area is 165 Å². The van der Waals surface area contributed by atoms with Gasteiger partial charge in [0.2, 0.25) is 5.91 Å². The lowest BCUT2D eigenvalue weighted by Gasteiger charge is -2.41. The summed E-state index contributed by atoms with van der Waals surface area (Å²) in [5, 5.41) is 0. The smallest absolute Gasteiger partial charge is 0.219 e. The maximum Gasteiger partial charge on any atom is 0.219 e. The molecule has 2 aliphatic heterocycles. The molecule has 4 rings (SSSR count). The molecule has 0 N–H and O–H groups in total. The van der Waals surface area contributed by atoms with Gasteiger partial charge < -0.3 is 9.64 Å². The fourth-order valence-corrected chi connectivity index (χ4v) is 4.95. The van der Waals surface area contributed by atoms with Crippen LogP contribution in [0.4, 0.5) is 4.39 Å². The lowest BCUT2D eigenvalue weighted by atomic mass is 9.85. The molecule has 2 aliphatic rings. The van der Waals surface area contributed by atoms with Gasteiger partial charge >= 0.3 is 0 Å². The van der Waals surface area contributed by atoms with E-state index >= 15 is 0 Å². The molecule has 1 amide bonds. The number of methoxy groups -OCH3 is 1. The van der Waals surface area contributed by atoms with Crippen LogP contribution in [0.25, 0.3) is 0 Å². The second-order valence-corrected chi connectivity index (χ2v) is 7.85. The zero-order chi connectivity index (χ0) is 19.7. The highest BCUT2D eigenvalue weighted by molar-refractivity contribution is 5.74. The summed E-state index contributed by atoms with van der Waals surface area (Å²) in [5.74, 6) is 1.02. The monoisotopic (exact) mass is 382 g/mol. The molecule has 3 atom stereocenters. The van der Waals surface area contributed by atoms with Crippen LogP contribution in [0.2, 0.25) is 0 Å². The van der Waals surface area contributed by atoms with Crippen molar-refractivity contribution in [2.45, 2.75) is 44.3 Å². The molecule has 0 unspecified atom stereocenters. The number of amides is 1. The predicted octanol–water partition coefficient (Wildman–Crippen LogP) is 3.81. The van der Waals surface area contributed by atoms with E-state index < -0.39 is 0 Å². The Morgan fingerprint density at radius 3 is 2.68 bits per heavy atom. The molecule has 2 saturated heterocycles. The highest BCUT2D eigenvalue weighted by atomic mass is 19.1. The van der Waals surface area contributed by atoms with Crippen LogP contribution in [0.5, 0.6) is 5.75 Å². The van der Waals surface area contributed by atoms with E-state index in [1.807, 2.05) is 23.1 Å². The van der Waals surface area contributed by atoms with Crippen molar-refractivity contribution in [2.75, 3.05) is 20.2 Å². The number of carbonyl (C=O) groups is 1. The van der Waals surface area contributed by atoms with Crippen LogP contribution in [-0.4, -0.2) is 48.0 Å². The van der Waals surface area contributed by atoms with E-state index in [-0.39, 0.29) is 29.7 Å². The normalized spacial score (nSPS) is 24.8. The largest absolute Gasteiger partial charge is 0.497 e. The van der Waals surface area contributed by atoms with Crippen molar-refractivity contribution >= 4 is 5.91 Å². The first-order valence-electron chi connectivity index (χ1n) is 9.96. The van der Waals surface area contributed by atoms with Gasteiger partial charge in [0.25, 0.3) is 0 Å². The minimum absolute atomic E-state index is 0.138. The third kappa shape index (κ3) is 3.63. The molecule has 5 heteroatoms. The lowest BCUT2D eigenvalue weighted by Crippen LogP contribution is -2.51. The van der Waals surface area contributed by atoms with E-state index in [1.54, 1.807) is 26.2 Å². The van der Waals surface area contributed by atoms with Crippen molar-refractivity contribution in [3.8, 4) is 5.75 Å². The minimum atomic E-state index is -0.199. The van der Waals surface area contributed by atoms with Gasteiger partial charge in [-0.3, -0.25) is 9.69 Å². The van der Waals surface area contributed by atoms with Crippen LogP contribution in [0, 0.1) is 5.82 Å². The number of nitrogens with zero attached hydrogens (tertiary/aromatic N) is 2. The van der Waals surface area contributed by atoms with E-state index in [1.165, 1.54) is 11.6 Å². The number of hydrogen-bond donors (Lipinski definition) is 0. The molecule has 2 aromatic rings. The fraction of sp³-hybridized carbons (Fsp3) is 0.435. The van der Waals surface area contributed by atoms with Crippen LogP contribution in [0.1, 0.15) is 36.8 Å². The Bertz CT molecular complexity index is 839.